The lowest BCUT2D eigenvalue weighted by Crippen LogP contribution is -2.26. The van der Waals surface area contributed by atoms with Crippen LogP contribution in [-0.4, -0.2) is 35.7 Å². The van der Waals surface area contributed by atoms with Crippen LogP contribution in [0.25, 0.3) is 0 Å². The van der Waals surface area contributed by atoms with Gasteiger partial charge in [-0.05, 0) is 12.6 Å². The summed E-state index contributed by atoms with van der Waals surface area (Å²) in [5, 5.41) is 8.65. The molecule has 0 spiro atoms. The Morgan fingerprint density at radius 2 is 2.11 bits per heavy atom. The largest absolute Gasteiger partial charge is 0.481 e. The molecule has 0 heterocycles. The molecule has 1 N–H and O–H groups in total. The third kappa shape index (κ3) is 5.65. The van der Waals surface area contributed by atoms with Crippen LogP contribution in [0.3, 0.4) is 0 Å². The monoisotopic (exact) mass is 273 g/mol. The second kappa shape index (κ2) is 7.68. The van der Waals surface area contributed by atoms with Crippen molar-refractivity contribution in [2.75, 3.05) is 13.1 Å². The van der Waals surface area contributed by atoms with Gasteiger partial charge in [0.1, 0.15) is 5.75 Å². The molecule has 0 radical (unpaired) electrons. The summed E-state index contributed by atoms with van der Waals surface area (Å²) < 4.78 is 29.0. The highest BCUT2D eigenvalue weighted by atomic mass is 19.3. The highest BCUT2D eigenvalue weighted by Gasteiger charge is 2.12. The minimum Gasteiger partial charge on any atom is -0.481 e. The van der Waals surface area contributed by atoms with Crippen molar-refractivity contribution in [3.05, 3.63) is 29.8 Å². The van der Waals surface area contributed by atoms with Gasteiger partial charge in [0.15, 0.2) is 0 Å². The van der Waals surface area contributed by atoms with Crippen LogP contribution in [0, 0.1) is 0 Å². The number of carbonyl (C=O) groups is 1. The van der Waals surface area contributed by atoms with Gasteiger partial charge in [-0.15, -0.1) is 0 Å². The van der Waals surface area contributed by atoms with Crippen LogP contribution in [0.5, 0.6) is 5.75 Å². The molecule has 1 rings (SSSR count). The SMILES string of the molecule is CCN(CCC(=O)O)Cc1ccccc1OC(F)F. The maximum atomic E-state index is 12.3. The van der Waals surface area contributed by atoms with E-state index in [-0.39, 0.29) is 12.2 Å². The Kier molecular flexibility index (Phi) is 6.21. The van der Waals surface area contributed by atoms with Gasteiger partial charge >= 0.3 is 12.6 Å². The zero-order valence-electron chi connectivity index (χ0n) is 10.7. The Bertz CT molecular complexity index is 413. The maximum Gasteiger partial charge on any atom is 0.387 e. The molecule has 0 saturated heterocycles. The van der Waals surface area contributed by atoms with Crippen molar-refractivity contribution in [1.82, 2.24) is 4.90 Å². The molecule has 1 aromatic carbocycles. The van der Waals surface area contributed by atoms with Gasteiger partial charge in [0.25, 0.3) is 0 Å². The van der Waals surface area contributed by atoms with Crippen molar-refractivity contribution in [1.29, 1.82) is 0 Å². The molecule has 4 nitrogen and oxygen atoms in total. The van der Waals surface area contributed by atoms with E-state index in [4.69, 9.17) is 5.11 Å². The zero-order chi connectivity index (χ0) is 14.3. The molecule has 106 valence electrons. The average Bonchev–Trinajstić information content (AvgIpc) is 2.35. The van der Waals surface area contributed by atoms with E-state index >= 15 is 0 Å². The molecule has 0 aliphatic carbocycles. The lowest BCUT2D eigenvalue weighted by Gasteiger charge is -2.21. The number of rotatable bonds is 8. The molecule has 0 aliphatic heterocycles. The molecule has 1 aromatic rings. The Hall–Kier alpha value is -1.69. The average molecular weight is 273 g/mol. The second-order valence-corrected chi connectivity index (χ2v) is 4.00. The number of halogens is 2. The van der Waals surface area contributed by atoms with Gasteiger partial charge < -0.3 is 9.84 Å². The highest BCUT2D eigenvalue weighted by molar-refractivity contribution is 5.66. The van der Waals surface area contributed by atoms with E-state index in [1.807, 2.05) is 11.8 Å². The van der Waals surface area contributed by atoms with E-state index < -0.39 is 12.6 Å². The quantitative estimate of drug-likeness (QED) is 0.791. The Morgan fingerprint density at radius 1 is 1.42 bits per heavy atom. The minimum atomic E-state index is -2.87. The summed E-state index contributed by atoms with van der Waals surface area (Å²) in [6.45, 7) is 0.409. The summed E-state index contributed by atoms with van der Waals surface area (Å²) in [5.74, 6) is -0.748. The number of carboxylic acids is 1. The van der Waals surface area contributed by atoms with Gasteiger partial charge in [-0.1, -0.05) is 25.1 Å². The number of aliphatic carboxylic acids is 1. The van der Waals surface area contributed by atoms with Crippen molar-refractivity contribution in [3.8, 4) is 5.75 Å². The van der Waals surface area contributed by atoms with Gasteiger partial charge in [-0.2, -0.15) is 8.78 Å². The fourth-order valence-electron chi connectivity index (χ4n) is 1.69. The normalized spacial score (nSPS) is 11.0. The molecule has 6 heteroatoms. The smallest absolute Gasteiger partial charge is 0.387 e. The first-order valence-electron chi connectivity index (χ1n) is 5.99. The van der Waals surface area contributed by atoms with E-state index in [0.29, 0.717) is 25.2 Å². The summed E-state index contributed by atoms with van der Waals surface area (Å²) in [4.78, 5) is 12.4. The number of hydrogen-bond donors (Lipinski definition) is 1. The molecule has 0 atom stereocenters. The van der Waals surface area contributed by atoms with Crippen LogP contribution in [0.4, 0.5) is 8.78 Å². The molecule has 0 bridgehead atoms. The molecule has 0 fully saturated rings. The molecule has 0 unspecified atom stereocenters. The third-order valence-corrected chi connectivity index (χ3v) is 2.67. The van der Waals surface area contributed by atoms with E-state index in [2.05, 4.69) is 4.74 Å². The van der Waals surface area contributed by atoms with Crippen molar-refractivity contribution < 1.29 is 23.4 Å². The second-order valence-electron chi connectivity index (χ2n) is 4.00. The van der Waals surface area contributed by atoms with Gasteiger partial charge in [0.05, 0.1) is 6.42 Å². The van der Waals surface area contributed by atoms with Crippen LogP contribution in [-0.2, 0) is 11.3 Å². The van der Waals surface area contributed by atoms with Crippen molar-refractivity contribution in [2.24, 2.45) is 0 Å². The number of hydrogen-bond acceptors (Lipinski definition) is 3. The number of para-hydroxylation sites is 1. The van der Waals surface area contributed by atoms with Gasteiger partial charge in [0, 0.05) is 18.7 Å². The predicted molar refractivity (Wildman–Crippen MR) is 66.3 cm³/mol. The highest BCUT2D eigenvalue weighted by Crippen LogP contribution is 2.21. The van der Waals surface area contributed by atoms with Crippen molar-refractivity contribution >= 4 is 5.97 Å². The lowest BCUT2D eigenvalue weighted by atomic mass is 10.2. The standard InChI is InChI=1S/C13H17F2NO3/c1-2-16(8-7-12(17)18)9-10-5-3-4-6-11(10)19-13(14)15/h3-6,13H,2,7-9H2,1H3,(H,17,18). The van der Waals surface area contributed by atoms with Gasteiger partial charge in [0.2, 0.25) is 0 Å². The van der Waals surface area contributed by atoms with Crippen LogP contribution in [0.15, 0.2) is 24.3 Å². The summed E-state index contributed by atoms with van der Waals surface area (Å²) in [5.41, 5.74) is 0.620. The van der Waals surface area contributed by atoms with Gasteiger partial charge in [-0.25, -0.2) is 0 Å². The summed E-state index contributed by atoms with van der Waals surface area (Å²) in [6, 6.07) is 6.53. The first-order valence-corrected chi connectivity index (χ1v) is 5.99. The van der Waals surface area contributed by atoms with Crippen LogP contribution in [0.2, 0.25) is 0 Å². The van der Waals surface area contributed by atoms with E-state index in [9.17, 15) is 13.6 Å². The first-order chi connectivity index (χ1) is 9.02. The molecular formula is C13H17F2NO3. The molecular weight excluding hydrogens is 256 g/mol. The molecule has 19 heavy (non-hydrogen) atoms. The summed E-state index contributed by atoms with van der Waals surface area (Å²) in [6.07, 6.45) is 0.0196. The lowest BCUT2D eigenvalue weighted by molar-refractivity contribution is -0.137. The predicted octanol–water partition coefficient (Wildman–Crippen LogP) is 2.58. The van der Waals surface area contributed by atoms with Crippen LogP contribution in [0.1, 0.15) is 18.9 Å². The summed E-state index contributed by atoms with van der Waals surface area (Å²) >= 11 is 0. The molecule has 0 saturated carbocycles. The van der Waals surface area contributed by atoms with E-state index in [1.165, 1.54) is 6.07 Å². The van der Waals surface area contributed by atoms with E-state index in [0.717, 1.165) is 0 Å². The minimum absolute atomic E-state index is 0.0196. The number of carboxylic acid groups (broad SMARTS) is 1. The Morgan fingerprint density at radius 3 is 2.68 bits per heavy atom. The molecule has 0 aliphatic rings. The maximum absolute atomic E-state index is 12.3. The Labute approximate surface area is 110 Å². The first kappa shape index (κ1) is 15.4. The number of alkyl halides is 2. The molecule has 0 aromatic heterocycles. The van der Waals surface area contributed by atoms with Crippen LogP contribution < -0.4 is 4.74 Å². The fraction of sp³-hybridized carbons (Fsp3) is 0.462. The number of nitrogens with zero attached hydrogens (tertiary/aromatic N) is 1. The Balaban J connectivity index is 2.70. The number of benzene rings is 1. The van der Waals surface area contributed by atoms with Crippen LogP contribution >= 0.6 is 0 Å². The summed E-state index contributed by atoms with van der Waals surface area (Å²) in [7, 11) is 0. The third-order valence-electron chi connectivity index (χ3n) is 2.67. The fourth-order valence-corrected chi connectivity index (χ4v) is 1.69. The zero-order valence-corrected chi connectivity index (χ0v) is 10.7. The van der Waals surface area contributed by atoms with Gasteiger partial charge in [-0.3, -0.25) is 9.69 Å². The molecule has 0 amide bonds. The number of ether oxygens (including phenoxy) is 1. The van der Waals surface area contributed by atoms with Crippen molar-refractivity contribution in [2.45, 2.75) is 26.5 Å². The van der Waals surface area contributed by atoms with Crippen molar-refractivity contribution in [3.63, 3.8) is 0 Å². The topological polar surface area (TPSA) is 49.8 Å². The van der Waals surface area contributed by atoms with E-state index in [1.54, 1.807) is 18.2 Å².